The van der Waals surface area contributed by atoms with Gasteiger partial charge in [0, 0.05) is 0 Å². The number of hydrogen-bond donors (Lipinski definition) is 1. The van der Waals surface area contributed by atoms with E-state index in [0.717, 1.165) is 23.0 Å². The molecule has 2 rings (SSSR count). The Kier molecular flexibility index (Phi) is 2.26. The number of furan rings is 1. The van der Waals surface area contributed by atoms with E-state index in [9.17, 15) is 0 Å². The maximum atomic E-state index is 5.41. The van der Waals surface area contributed by atoms with E-state index in [-0.39, 0.29) is 0 Å². The Hall–Kier alpha value is -1.71. The molecule has 2 heterocycles. The fourth-order valence-corrected chi connectivity index (χ4v) is 1.23. The molecule has 0 aromatic carbocycles. The molecule has 0 spiro atoms. The molecule has 0 radical (unpaired) electrons. The number of aromatic nitrogens is 1. The molecular formula is C10H12N2O2. The van der Waals surface area contributed by atoms with Crippen LogP contribution in [0.1, 0.15) is 17.3 Å². The monoisotopic (exact) mass is 192 g/mol. The molecule has 0 aliphatic rings. The zero-order valence-electron chi connectivity index (χ0n) is 8.20. The maximum absolute atomic E-state index is 5.41. The molecule has 4 nitrogen and oxygen atoms in total. The van der Waals surface area contributed by atoms with Crippen LogP contribution in [0, 0.1) is 13.8 Å². The second-order valence-corrected chi connectivity index (χ2v) is 3.16. The Bertz CT molecular complexity index is 417. The SMILES string of the molecule is Cc1ccc(CNc2cnoc2C)o1. The Morgan fingerprint density at radius 3 is 2.79 bits per heavy atom. The summed E-state index contributed by atoms with van der Waals surface area (Å²) in [5.41, 5.74) is 0.902. The average molecular weight is 192 g/mol. The normalized spacial score (nSPS) is 10.4. The zero-order valence-corrected chi connectivity index (χ0v) is 8.20. The number of hydrogen-bond acceptors (Lipinski definition) is 4. The first-order valence-corrected chi connectivity index (χ1v) is 4.46. The fraction of sp³-hybridized carbons (Fsp3) is 0.300. The fourth-order valence-electron chi connectivity index (χ4n) is 1.23. The largest absolute Gasteiger partial charge is 0.465 e. The van der Waals surface area contributed by atoms with Crippen LogP contribution in [0.3, 0.4) is 0 Å². The van der Waals surface area contributed by atoms with Crippen molar-refractivity contribution in [3.63, 3.8) is 0 Å². The molecule has 0 aliphatic heterocycles. The molecule has 0 unspecified atom stereocenters. The van der Waals surface area contributed by atoms with Gasteiger partial charge in [0.1, 0.15) is 11.5 Å². The van der Waals surface area contributed by atoms with E-state index in [1.165, 1.54) is 0 Å². The first-order chi connectivity index (χ1) is 6.75. The highest BCUT2D eigenvalue weighted by molar-refractivity contribution is 5.43. The average Bonchev–Trinajstić information content (AvgIpc) is 2.72. The highest BCUT2D eigenvalue weighted by Gasteiger charge is 2.03. The second-order valence-electron chi connectivity index (χ2n) is 3.16. The summed E-state index contributed by atoms with van der Waals surface area (Å²) in [4.78, 5) is 0. The first-order valence-electron chi connectivity index (χ1n) is 4.46. The van der Waals surface area contributed by atoms with Crippen LogP contribution in [0.25, 0.3) is 0 Å². The van der Waals surface area contributed by atoms with Gasteiger partial charge >= 0.3 is 0 Å². The van der Waals surface area contributed by atoms with E-state index in [0.29, 0.717) is 6.54 Å². The molecule has 4 heteroatoms. The molecule has 0 amide bonds. The van der Waals surface area contributed by atoms with Gasteiger partial charge in [0.25, 0.3) is 0 Å². The van der Waals surface area contributed by atoms with Crippen molar-refractivity contribution < 1.29 is 8.94 Å². The lowest BCUT2D eigenvalue weighted by molar-refractivity contribution is 0.398. The summed E-state index contributed by atoms with van der Waals surface area (Å²) >= 11 is 0. The Morgan fingerprint density at radius 2 is 2.21 bits per heavy atom. The molecule has 2 aromatic rings. The molecule has 14 heavy (non-hydrogen) atoms. The van der Waals surface area contributed by atoms with Gasteiger partial charge in [0.15, 0.2) is 5.76 Å². The molecule has 0 saturated heterocycles. The lowest BCUT2D eigenvalue weighted by atomic mass is 10.4. The van der Waals surface area contributed by atoms with E-state index >= 15 is 0 Å². The zero-order chi connectivity index (χ0) is 9.97. The van der Waals surface area contributed by atoms with Crippen LogP contribution in [-0.4, -0.2) is 5.16 Å². The van der Waals surface area contributed by atoms with Crippen molar-refractivity contribution in [2.24, 2.45) is 0 Å². The van der Waals surface area contributed by atoms with Gasteiger partial charge in [-0.05, 0) is 26.0 Å². The van der Waals surface area contributed by atoms with Gasteiger partial charge < -0.3 is 14.3 Å². The summed E-state index contributed by atoms with van der Waals surface area (Å²) in [5.74, 6) is 2.61. The molecule has 74 valence electrons. The van der Waals surface area contributed by atoms with Crippen LogP contribution >= 0.6 is 0 Å². The molecular weight excluding hydrogens is 180 g/mol. The summed E-state index contributed by atoms with van der Waals surface area (Å²) in [7, 11) is 0. The van der Waals surface area contributed by atoms with Crippen molar-refractivity contribution in [1.82, 2.24) is 5.16 Å². The van der Waals surface area contributed by atoms with Crippen LogP contribution in [-0.2, 0) is 6.54 Å². The van der Waals surface area contributed by atoms with Crippen molar-refractivity contribution in [1.29, 1.82) is 0 Å². The standard InChI is InChI=1S/C10H12N2O2/c1-7-3-4-9(13-7)5-11-10-6-12-14-8(10)2/h3-4,6,11H,5H2,1-2H3. The van der Waals surface area contributed by atoms with Gasteiger partial charge in [-0.25, -0.2) is 0 Å². The predicted octanol–water partition coefficient (Wildman–Crippen LogP) is 2.50. The molecule has 0 aliphatic carbocycles. The minimum absolute atomic E-state index is 0.649. The van der Waals surface area contributed by atoms with Gasteiger partial charge in [-0.3, -0.25) is 0 Å². The molecule has 0 bridgehead atoms. The van der Waals surface area contributed by atoms with Gasteiger partial charge in [-0.1, -0.05) is 5.16 Å². The van der Waals surface area contributed by atoms with Crippen molar-refractivity contribution in [2.45, 2.75) is 20.4 Å². The summed E-state index contributed by atoms with van der Waals surface area (Å²) in [5, 5.41) is 6.84. The minimum atomic E-state index is 0.649. The molecule has 1 N–H and O–H groups in total. The maximum Gasteiger partial charge on any atom is 0.156 e. The Labute approximate surface area is 81.9 Å². The summed E-state index contributed by atoms with van der Waals surface area (Å²) in [6.07, 6.45) is 1.66. The highest BCUT2D eigenvalue weighted by atomic mass is 16.5. The van der Waals surface area contributed by atoms with E-state index in [2.05, 4.69) is 10.5 Å². The van der Waals surface area contributed by atoms with Crippen molar-refractivity contribution in [3.8, 4) is 0 Å². The van der Waals surface area contributed by atoms with Crippen LogP contribution in [0.15, 0.2) is 27.3 Å². The van der Waals surface area contributed by atoms with E-state index < -0.39 is 0 Å². The number of aryl methyl sites for hydroxylation is 2. The number of nitrogens with zero attached hydrogens (tertiary/aromatic N) is 1. The quantitative estimate of drug-likeness (QED) is 0.811. The van der Waals surface area contributed by atoms with Crippen molar-refractivity contribution >= 4 is 5.69 Å². The summed E-state index contributed by atoms with van der Waals surface area (Å²) in [6, 6.07) is 3.89. The van der Waals surface area contributed by atoms with Crippen molar-refractivity contribution in [2.75, 3.05) is 5.32 Å². The predicted molar refractivity (Wildman–Crippen MR) is 52.0 cm³/mol. The minimum Gasteiger partial charge on any atom is -0.465 e. The first kappa shape index (κ1) is 8.87. The lowest BCUT2D eigenvalue weighted by Gasteiger charge is -2.00. The third kappa shape index (κ3) is 1.79. The van der Waals surface area contributed by atoms with E-state index in [1.54, 1.807) is 6.20 Å². The third-order valence-corrected chi connectivity index (χ3v) is 2.00. The molecule has 0 fully saturated rings. The van der Waals surface area contributed by atoms with Crippen LogP contribution < -0.4 is 5.32 Å². The van der Waals surface area contributed by atoms with E-state index in [4.69, 9.17) is 8.94 Å². The van der Waals surface area contributed by atoms with Crippen LogP contribution in [0.4, 0.5) is 5.69 Å². The number of rotatable bonds is 3. The highest BCUT2D eigenvalue weighted by Crippen LogP contribution is 2.14. The summed E-state index contributed by atoms with van der Waals surface area (Å²) < 4.78 is 10.3. The van der Waals surface area contributed by atoms with Crippen LogP contribution in [0.2, 0.25) is 0 Å². The molecule has 0 saturated carbocycles. The van der Waals surface area contributed by atoms with Crippen LogP contribution in [0.5, 0.6) is 0 Å². The Morgan fingerprint density at radius 1 is 1.36 bits per heavy atom. The lowest BCUT2D eigenvalue weighted by Crippen LogP contribution is -1.97. The Balaban J connectivity index is 1.98. The number of nitrogens with one attached hydrogen (secondary N) is 1. The smallest absolute Gasteiger partial charge is 0.156 e. The molecule has 0 atom stereocenters. The third-order valence-electron chi connectivity index (χ3n) is 2.00. The summed E-state index contributed by atoms with van der Waals surface area (Å²) in [6.45, 7) is 4.44. The van der Waals surface area contributed by atoms with E-state index in [1.807, 2.05) is 26.0 Å². The van der Waals surface area contributed by atoms with Gasteiger partial charge in [-0.15, -0.1) is 0 Å². The van der Waals surface area contributed by atoms with Gasteiger partial charge in [-0.2, -0.15) is 0 Å². The van der Waals surface area contributed by atoms with Gasteiger partial charge in [0.05, 0.1) is 18.4 Å². The van der Waals surface area contributed by atoms with Gasteiger partial charge in [0.2, 0.25) is 0 Å². The topological polar surface area (TPSA) is 51.2 Å². The number of anilines is 1. The second kappa shape index (κ2) is 3.57. The molecule has 2 aromatic heterocycles. The van der Waals surface area contributed by atoms with Crippen molar-refractivity contribution in [3.05, 3.63) is 35.6 Å².